The van der Waals surface area contributed by atoms with Gasteiger partial charge in [0.1, 0.15) is 5.75 Å². The molecule has 0 unspecified atom stereocenters. The van der Waals surface area contributed by atoms with Gasteiger partial charge in [-0.15, -0.1) is 0 Å². The molecular weight excluding hydrogens is 248 g/mol. The van der Waals surface area contributed by atoms with Gasteiger partial charge in [0.05, 0.1) is 17.9 Å². The molecule has 16 heavy (non-hydrogen) atoms. The van der Waals surface area contributed by atoms with E-state index in [4.69, 9.17) is 16.3 Å². The first-order chi connectivity index (χ1) is 7.52. The van der Waals surface area contributed by atoms with Crippen LogP contribution in [0.1, 0.15) is 11.5 Å². The van der Waals surface area contributed by atoms with Crippen LogP contribution in [0.2, 0.25) is 5.02 Å². The van der Waals surface area contributed by atoms with Crippen molar-refractivity contribution >= 4 is 21.4 Å². The first kappa shape index (κ1) is 11.5. The Bertz CT molecular complexity index is 534. The van der Waals surface area contributed by atoms with Gasteiger partial charge in [0, 0.05) is 11.3 Å². The molecule has 1 atom stereocenters. The van der Waals surface area contributed by atoms with Crippen LogP contribution in [0.4, 0.5) is 0 Å². The zero-order chi connectivity index (χ0) is 11.8. The Kier molecular flexibility index (Phi) is 2.95. The van der Waals surface area contributed by atoms with Crippen molar-refractivity contribution in [2.45, 2.75) is 5.92 Å². The van der Waals surface area contributed by atoms with E-state index in [1.165, 1.54) is 5.41 Å². The number of allylic oxidation sites excluding steroid dienone is 1. The predicted molar refractivity (Wildman–Crippen MR) is 63.7 cm³/mol. The van der Waals surface area contributed by atoms with E-state index in [0.717, 1.165) is 5.56 Å². The SMILES string of the molecule is COc1ccc([C@H]2C=CS(=O)(=O)C2)cc1Cl. The third-order valence-electron chi connectivity index (χ3n) is 2.53. The zero-order valence-corrected chi connectivity index (χ0v) is 10.3. The molecule has 86 valence electrons. The third kappa shape index (κ3) is 2.23. The van der Waals surface area contributed by atoms with Crippen LogP contribution in [0.25, 0.3) is 0 Å². The van der Waals surface area contributed by atoms with Crippen molar-refractivity contribution < 1.29 is 13.2 Å². The van der Waals surface area contributed by atoms with E-state index in [2.05, 4.69) is 0 Å². The quantitative estimate of drug-likeness (QED) is 0.818. The van der Waals surface area contributed by atoms with Crippen LogP contribution in [0.15, 0.2) is 29.7 Å². The minimum Gasteiger partial charge on any atom is -0.495 e. The largest absolute Gasteiger partial charge is 0.495 e. The second-order valence-corrected chi connectivity index (χ2v) is 6.00. The van der Waals surface area contributed by atoms with E-state index >= 15 is 0 Å². The average molecular weight is 259 g/mol. The van der Waals surface area contributed by atoms with E-state index in [1.54, 1.807) is 25.3 Å². The van der Waals surface area contributed by atoms with E-state index in [0.29, 0.717) is 10.8 Å². The summed E-state index contributed by atoms with van der Waals surface area (Å²) < 4.78 is 27.6. The molecule has 0 spiro atoms. The standard InChI is InChI=1S/C11H11ClO3S/c1-15-11-3-2-8(6-10(11)12)9-4-5-16(13,14)7-9/h2-6,9H,7H2,1H3/t9-/m0/s1. The average Bonchev–Trinajstić information content (AvgIpc) is 2.59. The highest BCUT2D eigenvalue weighted by Crippen LogP contribution is 2.31. The Morgan fingerprint density at radius 2 is 2.19 bits per heavy atom. The number of benzene rings is 1. The Morgan fingerprint density at radius 3 is 2.69 bits per heavy atom. The van der Waals surface area contributed by atoms with Crippen LogP contribution in [-0.2, 0) is 9.84 Å². The van der Waals surface area contributed by atoms with Gasteiger partial charge < -0.3 is 4.74 Å². The maximum Gasteiger partial charge on any atom is 0.172 e. The summed E-state index contributed by atoms with van der Waals surface area (Å²) in [5, 5.41) is 1.76. The number of halogens is 1. The first-order valence-electron chi connectivity index (χ1n) is 4.76. The molecule has 0 amide bonds. The van der Waals surface area contributed by atoms with Gasteiger partial charge >= 0.3 is 0 Å². The Hall–Kier alpha value is -1.00. The van der Waals surface area contributed by atoms with Crippen molar-refractivity contribution in [2.24, 2.45) is 0 Å². The monoisotopic (exact) mass is 258 g/mol. The molecule has 0 N–H and O–H groups in total. The number of hydrogen-bond acceptors (Lipinski definition) is 3. The molecule has 1 aromatic carbocycles. The molecule has 1 aliphatic rings. The molecule has 0 fully saturated rings. The maximum atomic E-state index is 11.3. The highest BCUT2D eigenvalue weighted by Gasteiger charge is 2.23. The smallest absolute Gasteiger partial charge is 0.172 e. The highest BCUT2D eigenvalue weighted by atomic mass is 35.5. The van der Waals surface area contributed by atoms with E-state index in [9.17, 15) is 8.42 Å². The van der Waals surface area contributed by atoms with Crippen molar-refractivity contribution in [3.8, 4) is 5.75 Å². The zero-order valence-electron chi connectivity index (χ0n) is 8.68. The summed E-state index contributed by atoms with van der Waals surface area (Å²) in [6, 6.07) is 5.33. The number of ether oxygens (including phenoxy) is 1. The van der Waals surface area contributed by atoms with E-state index < -0.39 is 9.84 Å². The summed E-state index contributed by atoms with van der Waals surface area (Å²) in [5.41, 5.74) is 0.892. The molecule has 0 bridgehead atoms. The number of methoxy groups -OCH3 is 1. The van der Waals surface area contributed by atoms with Gasteiger partial charge in [-0.3, -0.25) is 0 Å². The normalized spacial score (nSPS) is 22.2. The molecule has 0 aliphatic carbocycles. The molecule has 5 heteroatoms. The molecule has 2 rings (SSSR count). The summed E-state index contributed by atoms with van der Waals surface area (Å²) in [6.45, 7) is 0. The van der Waals surface area contributed by atoms with Crippen molar-refractivity contribution in [1.29, 1.82) is 0 Å². The highest BCUT2D eigenvalue weighted by molar-refractivity contribution is 7.94. The fraction of sp³-hybridized carbons (Fsp3) is 0.273. The van der Waals surface area contributed by atoms with Crippen LogP contribution in [0.5, 0.6) is 5.75 Å². The molecule has 1 heterocycles. The van der Waals surface area contributed by atoms with E-state index in [1.807, 2.05) is 6.07 Å². The van der Waals surface area contributed by atoms with Gasteiger partial charge in [0.2, 0.25) is 0 Å². The number of sulfone groups is 1. The lowest BCUT2D eigenvalue weighted by Gasteiger charge is -2.09. The fourth-order valence-corrected chi connectivity index (χ4v) is 3.31. The van der Waals surface area contributed by atoms with Crippen molar-refractivity contribution in [3.05, 3.63) is 40.3 Å². The lowest BCUT2D eigenvalue weighted by molar-refractivity contribution is 0.415. The van der Waals surface area contributed by atoms with Crippen molar-refractivity contribution in [3.63, 3.8) is 0 Å². The maximum absolute atomic E-state index is 11.3. The number of hydrogen-bond donors (Lipinski definition) is 0. The van der Waals surface area contributed by atoms with Gasteiger partial charge in [-0.05, 0) is 17.7 Å². The summed E-state index contributed by atoms with van der Waals surface area (Å²) in [7, 11) is -1.48. The first-order valence-corrected chi connectivity index (χ1v) is 6.85. The van der Waals surface area contributed by atoms with Gasteiger partial charge in [0.15, 0.2) is 9.84 Å². The fourth-order valence-electron chi connectivity index (χ4n) is 1.70. The third-order valence-corrected chi connectivity index (χ3v) is 4.22. The summed E-state index contributed by atoms with van der Waals surface area (Å²) in [6.07, 6.45) is 1.69. The second-order valence-electron chi connectivity index (χ2n) is 3.66. The molecule has 1 aliphatic heterocycles. The molecule has 0 radical (unpaired) electrons. The lowest BCUT2D eigenvalue weighted by atomic mass is 10.0. The molecule has 1 aromatic rings. The van der Waals surface area contributed by atoms with Crippen molar-refractivity contribution in [2.75, 3.05) is 12.9 Å². The molecule has 0 saturated heterocycles. The van der Waals surface area contributed by atoms with Gasteiger partial charge in [0.25, 0.3) is 0 Å². The lowest BCUT2D eigenvalue weighted by Crippen LogP contribution is -2.04. The van der Waals surface area contributed by atoms with Crippen LogP contribution in [-0.4, -0.2) is 21.3 Å². The van der Waals surface area contributed by atoms with Gasteiger partial charge in [-0.1, -0.05) is 23.7 Å². The van der Waals surface area contributed by atoms with Crippen LogP contribution in [0.3, 0.4) is 0 Å². The molecular formula is C11H11ClO3S. The van der Waals surface area contributed by atoms with Gasteiger partial charge in [-0.25, -0.2) is 8.42 Å². The predicted octanol–water partition coefficient (Wildman–Crippen LogP) is 2.37. The Labute approximate surface area is 99.6 Å². The molecule has 0 aromatic heterocycles. The minimum absolute atomic E-state index is 0.103. The minimum atomic E-state index is -3.03. The summed E-state index contributed by atoms with van der Waals surface area (Å²) in [5.74, 6) is 0.610. The molecule has 3 nitrogen and oxygen atoms in total. The van der Waals surface area contributed by atoms with Crippen LogP contribution in [0, 0.1) is 0 Å². The Morgan fingerprint density at radius 1 is 1.44 bits per heavy atom. The summed E-state index contributed by atoms with van der Waals surface area (Å²) in [4.78, 5) is 0. The topological polar surface area (TPSA) is 43.4 Å². The second kappa shape index (κ2) is 4.11. The number of rotatable bonds is 2. The van der Waals surface area contributed by atoms with Crippen LogP contribution >= 0.6 is 11.6 Å². The molecule has 0 saturated carbocycles. The van der Waals surface area contributed by atoms with E-state index in [-0.39, 0.29) is 11.7 Å². The summed E-state index contributed by atoms with van der Waals surface area (Å²) >= 11 is 5.98. The van der Waals surface area contributed by atoms with Crippen LogP contribution < -0.4 is 4.74 Å². The van der Waals surface area contributed by atoms with Crippen molar-refractivity contribution in [1.82, 2.24) is 0 Å². The van der Waals surface area contributed by atoms with Gasteiger partial charge in [-0.2, -0.15) is 0 Å². The Balaban J connectivity index is 2.30.